The van der Waals surface area contributed by atoms with E-state index < -0.39 is 0 Å². The Labute approximate surface area is 117 Å². The maximum absolute atomic E-state index is 12.1. The number of amides is 1. The van der Waals surface area contributed by atoms with Gasteiger partial charge in [0.15, 0.2) is 0 Å². The molecule has 1 amide bonds. The van der Waals surface area contributed by atoms with Crippen LogP contribution < -0.4 is 10.1 Å². The van der Waals surface area contributed by atoms with Gasteiger partial charge in [-0.3, -0.25) is 4.79 Å². The van der Waals surface area contributed by atoms with Crippen molar-refractivity contribution in [3.63, 3.8) is 0 Å². The van der Waals surface area contributed by atoms with Gasteiger partial charge in [0.25, 0.3) is 5.91 Å². The van der Waals surface area contributed by atoms with Gasteiger partial charge < -0.3 is 10.1 Å². The second kappa shape index (κ2) is 6.78. The van der Waals surface area contributed by atoms with E-state index >= 15 is 0 Å². The molecule has 1 atom stereocenters. The zero-order valence-electron chi connectivity index (χ0n) is 11.3. The predicted octanol–water partition coefficient (Wildman–Crippen LogP) is 3.62. The first kappa shape index (κ1) is 15.0. The third kappa shape index (κ3) is 4.33. The van der Waals surface area contributed by atoms with E-state index in [-0.39, 0.29) is 11.9 Å². The molecule has 0 spiro atoms. The fourth-order valence-corrected chi connectivity index (χ4v) is 2.26. The van der Waals surface area contributed by atoms with E-state index in [1.807, 2.05) is 13.0 Å². The van der Waals surface area contributed by atoms with Crippen molar-refractivity contribution >= 4 is 21.8 Å². The molecule has 18 heavy (non-hydrogen) atoms. The molecule has 100 valence electrons. The molecule has 1 aromatic rings. The van der Waals surface area contributed by atoms with Crippen molar-refractivity contribution in [1.82, 2.24) is 5.32 Å². The van der Waals surface area contributed by atoms with Crippen LogP contribution in [-0.4, -0.2) is 19.1 Å². The Hall–Kier alpha value is -1.03. The molecule has 4 heteroatoms. The molecule has 0 bridgehead atoms. The van der Waals surface area contributed by atoms with Crippen LogP contribution in [-0.2, 0) is 0 Å². The largest absolute Gasteiger partial charge is 0.496 e. The van der Waals surface area contributed by atoms with Gasteiger partial charge in [-0.2, -0.15) is 0 Å². The summed E-state index contributed by atoms with van der Waals surface area (Å²) in [6, 6.07) is 5.55. The Morgan fingerprint density at radius 2 is 2.06 bits per heavy atom. The van der Waals surface area contributed by atoms with E-state index in [4.69, 9.17) is 4.74 Å². The zero-order chi connectivity index (χ0) is 13.7. The maximum Gasteiger partial charge on any atom is 0.255 e. The van der Waals surface area contributed by atoms with Gasteiger partial charge in [0.2, 0.25) is 0 Å². The van der Waals surface area contributed by atoms with Crippen molar-refractivity contribution in [2.24, 2.45) is 5.92 Å². The quantitative estimate of drug-likeness (QED) is 0.901. The normalized spacial score (nSPS) is 12.3. The lowest BCUT2D eigenvalue weighted by molar-refractivity contribution is 0.0933. The van der Waals surface area contributed by atoms with Crippen LogP contribution >= 0.6 is 15.9 Å². The van der Waals surface area contributed by atoms with E-state index in [1.165, 1.54) is 0 Å². The highest BCUT2D eigenvalue weighted by Crippen LogP contribution is 2.23. The summed E-state index contributed by atoms with van der Waals surface area (Å²) < 4.78 is 6.11. The van der Waals surface area contributed by atoms with E-state index in [2.05, 4.69) is 35.1 Å². The van der Waals surface area contributed by atoms with Crippen molar-refractivity contribution in [3.8, 4) is 5.75 Å². The monoisotopic (exact) mass is 313 g/mol. The van der Waals surface area contributed by atoms with Crippen LogP contribution in [0.2, 0.25) is 0 Å². The Bertz CT molecular complexity index is 418. The summed E-state index contributed by atoms with van der Waals surface area (Å²) in [4.78, 5) is 12.1. The average Bonchev–Trinajstić information content (AvgIpc) is 2.27. The molecule has 0 fully saturated rings. The number of halogens is 1. The van der Waals surface area contributed by atoms with Crippen LogP contribution in [0, 0.1) is 5.92 Å². The number of methoxy groups -OCH3 is 1. The molecule has 0 aliphatic heterocycles. The molecule has 1 rings (SSSR count). The van der Waals surface area contributed by atoms with Crippen molar-refractivity contribution in [2.45, 2.75) is 33.2 Å². The molecule has 1 aromatic carbocycles. The summed E-state index contributed by atoms with van der Waals surface area (Å²) in [5, 5.41) is 2.99. The summed E-state index contributed by atoms with van der Waals surface area (Å²) >= 11 is 3.36. The lowest BCUT2D eigenvalue weighted by Crippen LogP contribution is -2.33. The zero-order valence-corrected chi connectivity index (χ0v) is 12.9. The van der Waals surface area contributed by atoms with Crippen molar-refractivity contribution < 1.29 is 9.53 Å². The standard InChI is InChI=1S/C14H20BrNO2/c1-9(2)7-10(3)16-14(17)12-6-5-11(15)8-13(12)18-4/h5-6,8-10H,7H2,1-4H3,(H,16,17). The van der Waals surface area contributed by atoms with Gasteiger partial charge in [-0.1, -0.05) is 29.8 Å². The number of benzene rings is 1. The number of ether oxygens (including phenoxy) is 1. The second-order valence-electron chi connectivity index (χ2n) is 4.85. The second-order valence-corrected chi connectivity index (χ2v) is 5.76. The van der Waals surface area contributed by atoms with Crippen LogP contribution in [0.4, 0.5) is 0 Å². The Morgan fingerprint density at radius 1 is 1.39 bits per heavy atom. The van der Waals surface area contributed by atoms with Gasteiger partial charge in [-0.25, -0.2) is 0 Å². The van der Waals surface area contributed by atoms with Gasteiger partial charge in [0, 0.05) is 10.5 Å². The van der Waals surface area contributed by atoms with Crippen LogP contribution in [0.15, 0.2) is 22.7 Å². The molecule has 0 radical (unpaired) electrons. The van der Waals surface area contributed by atoms with Gasteiger partial charge in [0.1, 0.15) is 5.75 Å². The molecular formula is C14H20BrNO2. The minimum Gasteiger partial charge on any atom is -0.496 e. The number of hydrogen-bond donors (Lipinski definition) is 1. The van der Waals surface area contributed by atoms with Crippen molar-refractivity contribution in [2.75, 3.05) is 7.11 Å². The predicted molar refractivity (Wildman–Crippen MR) is 77.1 cm³/mol. The van der Waals surface area contributed by atoms with Gasteiger partial charge in [0.05, 0.1) is 12.7 Å². The van der Waals surface area contributed by atoms with Gasteiger partial charge in [-0.05, 0) is 37.5 Å². The Kier molecular flexibility index (Phi) is 5.66. The summed E-state index contributed by atoms with van der Waals surface area (Å²) in [5.74, 6) is 1.05. The van der Waals surface area contributed by atoms with Crippen molar-refractivity contribution in [3.05, 3.63) is 28.2 Å². The Morgan fingerprint density at radius 3 is 2.61 bits per heavy atom. The third-order valence-electron chi connectivity index (χ3n) is 2.61. The first-order valence-electron chi connectivity index (χ1n) is 6.08. The fraction of sp³-hybridized carbons (Fsp3) is 0.500. The van der Waals surface area contributed by atoms with Crippen LogP contribution in [0.25, 0.3) is 0 Å². The van der Waals surface area contributed by atoms with Crippen LogP contribution in [0.5, 0.6) is 5.75 Å². The highest BCUT2D eigenvalue weighted by Gasteiger charge is 2.15. The maximum atomic E-state index is 12.1. The summed E-state index contributed by atoms with van der Waals surface area (Å²) in [6.07, 6.45) is 0.963. The third-order valence-corrected chi connectivity index (χ3v) is 3.10. The molecule has 1 unspecified atom stereocenters. The number of nitrogens with one attached hydrogen (secondary N) is 1. The molecule has 0 saturated carbocycles. The molecule has 0 aliphatic rings. The van der Waals surface area contributed by atoms with Crippen molar-refractivity contribution in [1.29, 1.82) is 0 Å². The lowest BCUT2D eigenvalue weighted by atomic mass is 10.0. The molecule has 0 heterocycles. The van der Waals surface area contributed by atoms with Crippen LogP contribution in [0.1, 0.15) is 37.6 Å². The number of rotatable bonds is 5. The molecule has 1 N–H and O–H groups in total. The molecule has 0 aromatic heterocycles. The smallest absolute Gasteiger partial charge is 0.255 e. The fourth-order valence-electron chi connectivity index (χ4n) is 1.92. The highest BCUT2D eigenvalue weighted by atomic mass is 79.9. The topological polar surface area (TPSA) is 38.3 Å². The van der Waals surface area contributed by atoms with E-state index in [0.29, 0.717) is 17.2 Å². The number of carbonyl (C=O) groups excluding carboxylic acids is 1. The van der Waals surface area contributed by atoms with Gasteiger partial charge >= 0.3 is 0 Å². The molecule has 0 saturated heterocycles. The minimum absolute atomic E-state index is 0.0903. The molecule has 3 nitrogen and oxygen atoms in total. The Balaban J connectivity index is 2.78. The summed E-state index contributed by atoms with van der Waals surface area (Å²) in [6.45, 7) is 6.30. The average molecular weight is 314 g/mol. The van der Waals surface area contributed by atoms with E-state index in [9.17, 15) is 4.79 Å². The summed E-state index contributed by atoms with van der Waals surface area (Å²) in [7, 11) is 1.57. The first-order valence-corrected chi connectivity index (χ1v) is 6.87. The SMILES string of the molecule is COc1cc(Br)ccc1C(=O)NC(C)CC(C)C. The van der Waals surface area contributed by atoms with Crippen LogP contribution in [0.3, 0.4) is 0 Å². The lowest BCUT2D eigenvalue weighted by Gasteiger charge is -2.17. The van der Waals surface area contributed by atoms with E-state index in [0.717, 1.165) is 10.9 Å². The molecular weight excluding hydrogens is 294 g/mol. The van der Waals surface area contributed by atoms with Gasteiger partial charge in [-0.15, -0.1) is 0 Å². The molecule has 0 aliphatic carbocycles. The first-order chi connectivity index (χ1) is 8.43. The van der Waals surface area contributed by atoms with E-state index in [1.54, 1.807) is 19.2 Å². The summed E-state index contributed by atoms with van der Waals surface area (Å²) in [5.41, 5.74) is 0.566. The number of hydrogen-bond acceptors (Lipinski definition) is 2. The minimum atomic E-state index is -0.0903. The number of carbonyl (C=O) groups is 1. The highest BCUT2D eigenvalue weighted by molar-refractivity contribution is 9.10.